The quantitative estimate of drug-likeness (QED) is 0.205. The van der Waals surface area contributed by atoms with E-state index in [1.165, 1.54) is 4.90 Å². The van der Waals surface area contributed by atoms with E-state index >= 15 is 0 Å². The standard InChI is InChI=1S/C30H29ClN2O5/c1-4-36-27(34)19-12-21-10-13-22(14-11-21)23-15-17-24(18-16-23)29-28(20(3)32-38-29)33(30(35)37-5-2)26-9-7-6-8-25(26)31/h6-11,13-18H,4-5,12,19H2,1-3H3. The highest BCUT2D eigenvalue weighted by atomic mass is 35.5. The van der Waals surface area contributed by atoms with Crippen LogP contribution in [0.25, 0.3) is 22.5 Å². The second kappa shape index (κ2) is 12.4. The number of hydrogen-bond donors (Lipinski definition) is 0. The minimum Gasteiger partial charge on any atom is -0.466 e. The highest BCUT2D eigenvalue weighted by molar-refractivity contribution is 6.34. The van der Waals surface area contributed by atoms with Crippen LogP contribution in [0.5, 0.6) is 0 Å². The van der Waals surface area contributed by atoms with Gasteiger partial charge in [0.1, 0.15) is 11.4 Å². The van der Waals surface area contributed by atoms with Crippen LogP contribution in [0.15, 0.2) is 77.3 Å². The Bertz CT molecular complexity index is 1400. The Labute approximate surface area is 226 Å². The second-order valence-corrected chi connectivity index (χ2v) is 8.92. The molecule has 0 aliphatic heterocycles. The van der Waals surface area contributed by atoms with Crippen molar-refractivity contribution in [1.29, 1.82) is 0 Å². The molecule has 0 saturated heterocycles. The predicted octanol–water partition coefficient (Wildman–Crippen LogP) is 7.76. The Morgan fingerprint density at radius 1 is 0.868 bits per heavy atom. The number of nitrogens with zero attached hydrogens (tertiary/aromatic N) is 2. The van der Waals surface area contributed by atoms with Crippen LogP contribution in [-0.2, 0) is 20.7 Å². The fourth-order valence-corrected chi connectivity index (χ4v) is 4.33. The van der Waals surface area contributed by atoms with Gasteiger partial charge in [-0.2, -0.15) is 0 Å². The highest BCUT2D eigenvalue weighted by Crippen LogP contribution is 2.41. The maximum atomic E-state index is 13.1. The van der Waals surface area contributed by atoms with Crippen molar-refractivity contribution in [2.24, 2.45) is 0 Å². The first-order valence-electron chi connectivity index (χ1n) is 12.5. The van der Waals surface area contributed by atoms with Crippen LogP contribution >= 0.6 is 11.6 Å². The molecule has 0 atom stereocenters. The summed E-state index contributed by atoms with van der Waals surface area (Å²) in [6.45, 7) is 5.91. The van der Waals surface area contributed by atoms with Crippen molar-refractivity contribution in [2.75, 3.05) is 18.1 Å². The first-order valence-corrected chi connectivity index (χ1v) is 12.8. The molecule has 3 aromatic carbocycles. The molecule has 0 spiro atoms. The zero-order valence-electron chi connectivity index (χ0n) is 21.6. The minimum atomic E-state index is -0.576. The van der Waals surface area contributed by atoms with Crippen LogP contribution < -0.4 is 4.90 Å². The summed E-state index contributed by atoms with van der Waals surface area (Å²) in [6.07, 6.45) is 0.416. The molecule has 8 heteroatoms. The van der Waals surface area contributed by atoms with E-state index in [0.29, 0.717) is 47.3 Å². The van der Waals surface area contributed by atoms with E-state index in [1.807, 2.05) is 48.5 Å². The number of halogens is 1. The second-order valence-electron chi connectivity index (χ2n) is 8.51. The molecule has 196 valence electrons. The molecule has 4 rings (SSSR count). The van der Waals surface area contributed by atoms with Crippen LogP contribution in [-0.4, -0.2) is 30.4 Å². The Morgan fingerprint density at radius 3 is 2.11 bits per heavy atom. The fourth-order valence-electron chi connectivity index (χ4n) is 4.11. The summed E-state index contributed by atoms with van der Waals surface area (Å²) >= 11 is 6.46. The lowest BCUT2D eigenvalue weighted by Gasteiger charge is -2.23. The number of hydrogen-bond acceptors (Lipinski definition) is 6. The molecule has 0 bridgehead atoms. The first kappa shape index (κ1) is 26.9. The van der Waals surface area contributed by atoms with Gasteiger partial charge in [0.25, 0.3) is 0 Å². The number of amides is 1. The molecule has 0 aliphatic rings. The summed E-state index contributed by atoms with van der Waals surface area (Å²) in [4.78, 5) is 26.1. The molecule has 1 aromatic heterocycles. The summed E-state index contributed by atoms with van der Waals surface area (Å²) < 4.78 is 16.0. The summed E-state index contributed by atoms with van der Waals surface area (Å²) in [5.41, 5.74) is 5.33. The van der Waals surface area contributed by atoms with Gasteiger partial charge in [-0.1, -0.05) is 77.4 Å². The SMILES string of the molecule is CCOC(=O)CCc1ccc(-c2ccc(-c3onc(C)c3N(C(=O)OCC)c3ccccc3Cl)cc2)cc1. The topological polar surface area (TPSA) is 81.9 Å². The molecule has 0 fully saturated rings. The molecule has 7 nitrogen and oxygen atoms in total. The van der Waals surface area contributed by atoms with Gasteiger partial charge in [0.2, 0.25) is 0 Å². The number of ether oxygens (including phenoxy) is 2. The molecule has 0 saturated carbocycles. The number of carbonyl (C=O) groups excluding carboxylic acids is 2. The Balaban J connectivity index is 1.61. The van der Waals surface area contributed by atoms with Crippen molar-refractivity contribution in [1.82, 2.24) is 5.16 Å². The molecule has 0 aliphatic carbocycles. The summed E-state index contributed by atoms with van der Waals surface area (Å²) in [5, 5.41) is 4.54. The number of aryl methyl sites for hydroxylation is 2. The Kier molecular flexibility index (Phi) is 8.81. The number of benzene rings is 3. The largest absolute Gasteiger partial charge is 0.466 e. The van der Waals surface area contributed by atoms with Gasteiger partial charge in [-0.25, -0.2) is 9.69 Å². The van der Waals surface area contributed by atoms with Crippen LogP contribution in [0.3, 0.4) is 0 Å². The van der Waals surface area contributed by atoms with Gasteiger partial charge in [0, 0.05) is 12.0 Å². The number of anilines is 2. The summed E-state index contributed by atoms with van der Waals surface area (Å²) in [6, 6.07) is 22.9. The third-order valence-electron chi connectivity index (χ3n) is 5.96. The van der Waals surface area contributed by atoms with E-state index in [4.69, 9.17) is 25.6 Å². The van der Waals surface area contributed by atoms with Crippen molar-refractivity contribution in [3.05, 3.63) is 89.1 Å². The molecule has 38 heavy (non-hydrogen) atoms. The normalized spacial score (nSPS) is 10.7. The van der Waals surface area contributed by atoms with E-state index < -0.39 is 6.09 Å². The lowest BCUT2D eigenvalue weighted by molar-refractivity contribution is -0.143. The van der Waals surface area contributed by atoms with Gasteiger partial charge >= 0.3 is 12.1 Å². The van der Waals surface area contributed by atoms with E-state index in [0.717, 1.165) is 22.3 Å². The van der Waals surface area contributed by atoms with Crippen LogP contribution in [0.4, 0.5) is 16.2 Å². The molecule has 1 heterocycles. The number of rotatable bonds is 9. The third kappa shape index (κ3) is 6.06. The zero-order chi connectivity index (χ0) is 27.1. The van der Waals surface area contributed by atoms with Crippen molar-refractivity contribution in [3.63, 3.8) is 0 Å². The number of esters is 1. The number of aromatic nitrogens is 1. The number of para-hydroxylation sites is 1. The minimum absolute atomic E-state index is 0.190. The van der Waals surface area contributed by atoms with Crippen LogP contribution in [0.2, 0.25) is 5.02 Å². The van der Waals surface area contributed by atoms with Gasteiger partial charge in [-0.15, -0.1) is 0 Å². The Hall–Kier alpha value is -4.10. The van der Waals surface area contributed by atoms with Gasteiger partial charge in [0.05, 0.1) is 23.9 Å². The molecular weight excluding hydrogens is 504 g/mol. The maximum Gasteiger partial charge on any atom is 0.419 e. The number of carbonyl (C=O) groups is 2. The average Bonchev–Trinajstić information content (AvgIpc) is 3.30. The van der Waals surface area contributed by atoms with Crippen molar-refractivity contribution < 1.29 is 23.6 Å². The molecule has 0 unspecified atom stereocenters. The lowest BCUT2D eigenvalue weighted by atomic mass is 10.00. The molecule has 1 amide bonds. The fraction of sp³-hybridized carbons (Fsp3) is 0.233. The third-order valence-corrected chi connectivity index (χ3v) is 6.28. The van der Waals surface area contributed by atoms with Crippen molar-refractivity contribution in [2.45, 2.75) is 33.6 Å². The van der Waals surface area contributed by atoms with Crippen LogP contribution in [0.1, 0.15) is 31.5 Å². The predicted molar refractivity (Wildman–Crippen MR) is 148 cm³/mol. The summed E-state index contributed by atoms with van der Waals surface area (Å²) in [7, 11) is 0. The van der Waals surface area contributed by atoms with Crippen molar-refractivity contribution >= 4 is 35.0 Å². The smallest absolute Gasteiger partial charge is 0.419 e. The summed E-state index contributed by atoms with van der Waals surface area (Å²) in [5.74, 6) is 0.238. The first-order chi connectivity index (χ1) is 18.4. The highest BCUT2D eigenvalue weighted by Gasteiger charge is 2.30. The molecule has 0 N–H and O–H groups in total. The van der Waals surface area contributed by atoms with Gasteiger partial charge in [0.15, 0.2) is 5.76 Å². The molecule has 4 aromatic rings. The van der Waals surface area contributed by atoms with Crippen molar-refractivity contribution in [3.8, 4) is 22.5 Å². The van der Waals surface area contributed by atoms with E-state index in [9.17, 15) is 9.59 Å². The lowest BCUT2D eigenvalue weighted by Crippen LogP contribution is -2.27. The van der Waals surface area contributed by atoms with Gasteiger partial charge in [-0.05, 0) is 56.0 Å². The van der Waals surface area contributed by atoms with E-state index in [2.05, 4.69) is 5.16 Å². The van der Waals surface area contributed by atoms with Crippen LogP contribution in [0, 0.1) is 6.92 Å². The Morgan fingerprint density at radius 2 is 1.47 bits per heavy atom. The van der Waals surface area contributed by atoms with E-state index in [-0.39, 0.29) is 12.6 Å². The average molecular weight is 533 g/mol. The molecule has 0 radical (unpaired) electrons. The van der Waals surface area contributed by atoms with Gasteiger partial charge < -0.3 is 14.0 Å². The van der Waals surface area contributed by atoms with E-state index in [1.54, 1.807) is 45.0 Å². The molecular formula is C30H29ClN2O5. The maximum absolute atomic E-state index is 13.1. The monoisotopic (exact) mass is 532 g/mol. The van der Waals surface area contributed by atoms with Gasteiger partial charge in [-0.3, -0.25) is 4.79 Å². The zero-order valence-corrected chi connectivity index (χ0v) is 22.3.